The summed E-state index contributed by atoms with van der Waals surface area (Å²) >= 11 is 3.34. The first-order valence-electron chi connectivity index (χ1n) is 4.61. The second kappa shape index (κ2) is 4.40. The predicted octanol–water partition coefficient (Wildman–Crippen LogP) is 3.09. The Balaban J connectivity index is 2.02. The quantitative estimate of drug-likeness (QED) is 0.748. The molecule has 0 aliphatic heterocycles. The van der Waals surface area contributed by atoms with Gasteiger partial charge in [-0.15, -0.1) is 0 Å². The molecule has 0 bridgehead atoms. The standard InChI is InChI=1S/C11H11BrN2O/c12-11-6-5-8(14-11)7-13-9-3-1-2-4-10(9)15/h1-6,13-15H,7H2. The molecule has 0 fully saturated rings. The molecule has 0 unspecified atom stereocenters. The Bertz CT molecular complexity index is 453. The minimum Gasteiger partial charge on any atom is -0.506 e. The van der Waals surface area contributed by atoms with Crippen LogP contribution in [0.1, 0.15) is 5.69 Å². The van der Waals surface area contributed by atoms with E-state index in [9.17, 15) is 5.11 Å². The van der Waals surface area contributed by atoms with Gasteiger partial charge in [0.05, 0.1) is 16.8 Å². The van der Waals surface area contributed by atoms with Crippen molar-refractivity contribution in [3.63, 3.8) is 0 Å². The van der Waals surface area contributed by atoms with Gasteiger partial charge >= 0.3 is 0 Å². The molecule has 0 spiro atoms. The number of halogens is 1. The lowest BCUT2D eigenvalue weighted by molar-refractivity contribution is 0.477. The topological polar surface area (TPSA) is 48.0 Å². The number of phenolic OH excluding ortho intramolecular Hbond substituents is 1. The number of phenols is 1. The van der Waals surface area contributed by atoms with Crippen LogP contribution >= 0.6 is 15.9 Å². The molecule has 0 amide bonds. The van der Waals surface area contributed by atoms with Gasteiger partial charge in [-0.25, -0.2) is 0 Å². The van der Waals surface area contributed by atoms with Crippen molar-refractivity contribution in [2.75, 3.05) is 5.32 Å². The van der Waals surface area contributed by atoms with E-state index < -0.39 is 0 Å². The zero-order valence-corrected chi connectivity index (χ0v) is 9.58. The van der Waals surface area contributed by atoms with E-state index in [1.807, 2.05) is 24.3 Å². The molecule has 3 N–H and O–H groups in total. The van der Waals surface area contributed by atoms with E-state index in [1.165, 1.54) is 0 Å². The third kappa shape index (κ3) is 2.53. The van der Waals surface area contributed by atoms with Gasteiger partial charge in [-0.1, -0.05) is 12.1 Å². The summed E-state index contributed by atoms with van der Waals surface area (Å²) in [7, 11) is 0. The highest BCUT2D eigenvalue weighted by Gasteiger charge is 1.99. The fraction of sp³-hybridized carbons (Fsp3) is 0.0909. The second-order valence-electron chi connectivity index (χ2n) is 3.20. The fourth-order valence-electron chi connectivity index (χ4n) is 1.33. The van der Waals surface area contributed by atoms with E-state index in [0.29, 0.717) is 6.54 Å². The van der Waals surface area contributed by atoms with Crippen molar-refractivity contribution in [1.82, 2.24) is 4.98 Å². The van der Waals surface area contributed by atoms with Gasteiger partial charge in [-0.05, 0) is 40.2 Å². The highest BCUT2D eigenvalue weighted by atomic mass is 79.9. The molecule has 0 aliphatic carbocycles. The van der Waals surface area contributed by atoms with E-state index in [2.05, 4.69) is 26.2 Å². The van der Waals surface area contributed by atoms with Crippen LogP contribution in [0.5, 0.6) is 5.75 Å². The molecule has 0 radical (unpaired) electrons. The van der Waals surface area contributed by atoms with Crippen molar-refractivity contribution in [3.8, 4) is 5.75 Å². The Morgan fingerprint density at radius 3 is 2.67 bits per heavy atom. The van der Waals surface area contributed by atoms with E-state index in [-0.39, 0.29) is 5.75 Å². The molecule has 1 aromatic carbocycles. The number of anilines is 1. The van der Waals surface area contributed by atoms with E-state index >= 15 is 0 Å². The third-order valence-corrected chi connectivity index (χ3v) is 2.55. The van der Waals surface area contributed by atoms with Gasteiger partial charge in [-0.3, -0.25) is 0 Å². The summed E-state index contributed by atoms with van der Waals surface area (Å²) in [6, 6.07) is 11.1. The zero-order chi connectivity index (χ0) is 10.7. The second-order valence-corrected chi connectivity index (χ2v) is 4.06. The maximum atomic E-state index is 9.51. The summed E-state index contributed by atoms with van der Waals surface area (Å²) in [6.07, 6.45) is 0. The zero-order valence-electron chi connectivity index (χ0n) is 8.00. The summed E-state index contributed by atoms with van der Waals surface area (Å²) in [5, 5.41) is 12.7. The Hall–Kier alpha value is -1.42. The van der Waals surface area contributed by atoms with Crippen molar-refractivity contribution in [1.29, 1.82) is 0 Å². The van der Waals surface area contributed by atoms with E-state index in [0.717, 1.165) is 16.0 Å². The summed E-state index contributed by atoms with van der Waals surface area (Å²) in [5.41, 5.74) is 1.80. The molecule has 78 valence electrons. The number of hydrogen-bond donors (Lipinski definition) is 3. The highest BCUT2D eigenvalue weighted by molar-refractivity contribution is 9.10. The minimum atomic E-state index is 0.267. The van der Waals surface area contributed by atoms with Crippen LogP contribution < -0.4 is 5.32 Å². The van der Waals surface area contributed by atoms with Crippen molar-refractivity contribution in [3.05, 3.63) is 46.7 Å². The van der Waals surface area contributed by atoms with Crippen LogP contribution in [0.3, 0.4) is 0 Å². The molecular formula is C11H11BrN2O. The monoisotopic (exact) mass is 266 g/mol. The molecule has 1 aromatic heterocycles. The van der Waals surface area contributed by atoms with Gasteiger partial charge in [0.25, 0.3) is 0 Å². The summed E-state index contributed by atoms with van der Waals surface area (Å²) < 4.78 is 0.955. The first kappa shape index (κ1) is 10.1. The van der Waals surface area contributed by atoms with Crippen LogP contribution in [0.25, 0.3) is 0 Å². The lowest BCUT2D eigenvalue weighted by Crippen LogP contribution is -1.99. The van der Waals surface area contributed by atoms with Gasteiger partial charge in [-0.2, -0.15) is 0 Å². The molecule has 3 nitrogen and oxygen atoms in total. The smallest absolute Gasteiger partial charge is 0.138 e. The van der Waals surface area contributed by atoms with Gasteiger partial charge in [0.2, 0.25) is 0 Å². The predicted molar refractivity (Wildman–Crippen MR) is 63.9 cm³/mol. The molecule has 1 heterocycles. The summed E-state index contributed by atoms with van der Waals surface area (Å²) in [5.74, 6) is 0.267. The van der Waals surface area contributed by atoms with Crippen molar-refractivity contribution in [2.24, 2.45) is 0 Å². The fourth-order valence-corrected chi connectivity index (χ4v) is 1.71. The molecule has 4 heteroatoms. The minimum absolute atomic E-state index is 0.267. The average Bonchev–Trinajstić information content (AvgIpc) is 2.63. The maximum Gasteiger partial charge on any atom is 0.138 e. The molecule has 15 heavy (non-hydrogen) atoms. The van der Waals surface area contributed by atoms with Crippen LogP contribution in [0.15, 0.2) is 41.0 Å². The Labute approximate surface area is 96.3 Å². The van der Waals surface area contributed by atoms with Crippen LogP contribution in [-0.2, 0) is 6.54 Å². The number of aromatic hydroxyl groups is 1. The van der Waals surface area contributed by atoms with Gasteiger partial charge in [0.1, 0.15) is 5.75 Å². The van der Waals surface area contributed by atoms with Crippen LogP contribution in [0.4, 0.5) is 5.69 Å². The molecule has 2 rings (SSSR count). The Kier molecular flexibility index (Phi) is 2.97. The lowest BCUT2D eigenvalue weighted by Gasteiger charge is -2.06. The number of rotatable bonds is 3. The van der Waals surface area contributed by atoms with Crippen molar-refractivity contribution < 1.29 is 5.11 Å². The van der Waals surface area contributed by atoms with E-state index in [1.54, 1.807) is 12.1 Å². The first-order valence-corrected chi connectivity index (χ1v) is 5.40. The van der Waals surface area contributed by atoms with Crippen LogP contribution in [0.2, 0.25) is 0 Å². The number of H-pyrrole nitrogens is 1. The molecule has 0 saturated heterocycles. The average molecular weight is 267 g/mol. The van der Waals surface area contributed by atoms with Gasteiger partial charge in [0, 0.05) is 5.69 Å². The van der Waals surface area contributed by atoms with Gasteiger partial charge < -0.3 is 15.4 Å². The largest absolute Gasteiger partial charge is 0.506 e. The van der Waals surface area contributed by atoms with Crippen LogP contribution in [0, 0.1) is 0 Å². The Morgan fingerprint density at radius 1 is 1.20 bits per heavy atom. The number of hydrogen-bond acceptors (Lipinski definition) is 2. The molecule has 0 aliphatic rings. The molecule has 0 saturated carbocycles. The van der Waals surface area contributed by atoms with E-state index in [4.69, 9.17) is 0 Å². The number of para-hydroxylation sites is 2. The SMILES string of the molecule is Oc1ccccc1NCc1ccc(Br)[nH]1. The van der Waals surface area contributed by atoms with Gasteiger partial charge in [0.15, 0.2) is 0 Å². The lowest BCUT2D eigenvalue weighted by atomic mass is 10.3. The normalized spacial score (nSPS) is 10.2. The summed E-state index contributed by atoms with van der Waals surface area (Å²) in [6.45, 7) is 0.656. The number of aromatic nitrogens is 1. The Morgan fingerprint density at radius 2 is 2.00 bits per heavy atom. The maximum absolute atomic E-state index is 9.51. The highest BCUT2D eigenvalue weighted by Crippen LogP contribution is 2.22. The molecular weight excluding hydrogens is 256 g/mol. The summed E-state index contributed by atoms with van der Waals surface area (Å²) in [4.78, 5) is 3.14. The number of nitrogens with one attached hydrogen (secondary N) is 2. The number of benzene rings is 1. The number of aromatic amines is 1. The van der Waals surface area contributed by atoms with Crippen molar-refractivity contribution in [2.45, 2.75) is 6.54 Å². The molecule has 2 aromatic rings. The third-order valence-electron chi connectivity index (χ3n) is 2.08. The first-order chi connectivity index (χ1) is 7.25. The van der Waals surface area contributed by atoms with Crippen molar-refractivity contribution >= 4 is 21.6 Å². The van der Waals surface area contributed by atoms with Crippen LogP contribution in [-0.4, -0.2) is 10.1 Å². The molecule has 0 atom stereocenters.